The monoisotopic (exact) mass is 284 g/mol. The maximum Gasteiger partial charge on any atom is 0.241 e. The summed E-state index contributed by atoms with van der Waals surface area (Å²) in [6, 6.07) is 16.2. The highest BCUT2D eigenvalue weighted by Crippen LogP contribution is 2.33. The maximum absolute atomic E-state index is 12.4. The van der Waals surface area contributed by atoms with Crippen LogP contribution in [0.5, 0.6) is 5.75 Å². The Morgan fingerprint density at radius 2 is 1.67 bits per heavy atom. The number of ether oxygens (including phenoxy) is 1. The second-order valence-corrected chi connectivity index (χ2v) is 4.38. The van der Waals surface area contributed by atoms with Crippen LogP contribution in [0.4, 0.5) is 11.4 Å². The summed E-state index contributed by atoms with van der Waals surface area (Å²) in [5.74, 6) is -0.534. The van der Waals surface area contributed by atoms with E-state index < -0.39 is 11.8 Å². The number of anilines is 2. The van der Waals surface area contributed by atoms with E-state index in [0.29, 0.717) is 17.1 Å². The Hall–Kier alpha value is -2.82. The lowest BCUT2D eigenvalue weighted by molar-refractivity contribution is -0.125. The van der Waals surface area contributed by atoms with Crippen LogP contribution in [0.15, 0.2) is 54.6 Å². The molecule has 0 heterocycles. The van der Waals surface area contributed by atoms with Crippen molar-refractivity contribution < 1.29 is 14.3 Å². The lowest BCUT2D eigenvalue weighted by Crippen LogP contribution is -2.30. The molecule has 0 aromatic heterocycles. The Kier molecular flexibility index (Phi) is 4.56. The first kappa shape index (κ1) is 14.6. The number of rotatable bonds is 5. The Morgan fingerprint density at radius 1 is 1.05 bits per heavy atom. The molecule has 0 aliphatic rings. The number of benzene rings is 2. The van der Waals surface area contributed by atoms with Crippen molar-refractivity contribution >= 4 is 23.2 Å². The van der Waals surface area contributed by atoms with Crippen LogP contribution in [0, 0.1) is 0 Å². The molecule has 0 spiro atoms. The second kappa shape index (κ2) is 6.56. The van der Waals surface area contributed by atoms with E-state index in [9.17, 15) is 9.59 Å². The van der Waals surface area contributed by atoms with Crippen LogP contribution in [0.3, 0.4) is 0 Å². The van der Waals surface area contributed by atoms with Crippen molar-refractivity contribution in [1.82, 2.24) is 0 Å². The number of nitrogens with two attached hydrogens (primary N) is 1. The van der Waals surface area contributed by atoms with Crippen molar-refractivity contribution in [2.45, 2.75) is 6.42 Å². The number of methoxy groups -OCH3 is 1. The molecule has 0 aliphatic carbocycles. The molecule has 0 fully saturated rings. The lowest BCUT2D eigenvalue weighted by atomic mass is 10.2. The number of carbonyl (C=O) groups excluding carboxylic acids is 2. The van der Waals surface area contributed by atoms with E-state index >= 15 is 0 Å². The largest absolute Gasteiger partial charge is 0.495 e. The number of primary amides is 1. The van der Waals surface area contributed by atoms with Crippen molar-refractivity contribution in [2.75, 3.05) is 12.0 Å². The summed E-state index contributed by atoms with van der Waals surface area (Å²) in [7, 11) is 1.53. The quantitative estimate of drug-likeness (QED) is 0.856. The van der Waals surface area contributed by atoms with E-state index in [4.69, 9.17) is 10.5 Å². The van der Waals surface area contributed by atoms with Crippen LogP contribution in [0.1, 0.15) is 6.42 Å². The molecule has 2 aromatic rings. The molecule has 21 heavy (non-hydrogen) atoms. The Bertz CT molecular complexity index is 641. The van der Waals surface area contributed by atoms with E-state index in [0.717, 1.165) is 0 Å². The van der Waals surface area contributed by atoms with Gasteiger partial charge in [-0.2, -0.15) is 0 Å². The highest BCUT2D eigenvalue weighted by atomic mass is 16.5. The molecule has 5 nitrogen and oxygen atoms in total. The van der Waals surface area contributed by atoms with Gasteiger partial charge in [0.25, 0.3) is 0 Å². The van der Waals surface area contributed by atoms with Crippen LogP contribution < -0.4 is 15.4 Å². The molecule has 2 aromatic carbocycles. The number of hydrogen-bond donors (Lipinski definition) is 1. The average molecular weight is 284 g/mol. The van der Waals surface area contributed by atoms with E-state index in [-0.39, 0.29) is 6.42 Å². The number of nitrogens with zero attached hydrogens (tertiary/aromatic N) is 1. The number of para-hydroxylation sites is 3. The molecule has 0 aliphatic heterocycles. The summed E-state index contributed by atoms with van der Waals surface area (Å²) in [5.41, 5.74) is 6.35. The first-order valence-corrected chi connectivity index (χ1v) is 6.43. The van der Waals surface area contributed by atoms with Gasteiger partial charge in [0.2, 0.25) is 11.8 Å². The standard InChI is InChI=1S/C16H16N2O3/c1-21-14-10-6-5-9-13(14)18(16(20)11-15(17)19)12-7-3-2-4-8-12/h2-10H,11H2,1H3,(H2,17,19). The lowest BCUT2D eigenvalue weighted by Gasteiger charge is -2.24. The summed E-state index contributed by atoms with van der Waals surface area (Å²) < 4.78 is 5.29. The fraction of sp³-hybridized carbons (Fsp3) is 0.125. The minimum absolute atomic E-state index is 0.368. The van der Waals surface area contributed by atoms with E-state index in [1.54, 1.807) is 30.3 Å². The van der Waals surface area contributed by atoms with Crippen molar-refractivity contribution in [1.29, 1.82) is 0 Å². The van der Waals surface area contributed by atoms with Crippen LogP contribution >= 0.6 is 0 Å². The Labute approximate surface area is 122 Å². The minimum Gasteiger partial charge on any atom is -0.495 e. The number of amides is 2. The molecule has 108 valence electrons. The van der Waals surface area contributed by atoms with E-state index in [1.165, 1.54) is 12.0 Å². The summed E-state index contributed by atoms with van der Waals surface area (Å²) in [6.45, 7) is 0. The van der Waals surface area contributed by atoms with Crippen molar-refractivity contribution in [3.8, 4) is 5.75 Å². The van der Waals surface area contributed by atoms with Gasteiger partial charge in [-0.05, 0) is 24.3 Å². The van der Waals surface area contributed by atoms with Crippen LogP contribution in [-0.2, 0) is 9.59 Å². The number of carbonyl (C=O) groups is 2. The fourth-order valence-electron chi connectivity index (χ4n) is 2.04. The molecule has 0 saturated carbocycles. The zero-order valence-corrected chi connectivity index (χ0v) is 11.7. The SMILES string of the molecule is COc1ccccc1N(C(=O)CC(N)=O)c1ccccc1. The molecule has 0 radical (unpaired) electrons. The maximum atomic E-state index is 12.4. The molecular weight excluding hydrogens is 268 g/mol. The van der Waals surface area contributed by atoms with Gasteiger partial charge in [-0.25, -0.2) is 0 Å². The summed E-state index contributed by atoms with van der Waals surface area (Å²) in [6.07, 6.45) is -0.368. The fourth-order valence-corrected chi connectivity index (χ4v) is 2.04. The van der Waals surface area contributed by atoms with Gasteiger partial charge in [0, 0.05) is 5.69 Å². The molecule has 2 amide bonds. The molecular formula is C16H16N2O3. The molecule has 0 bridgehead atoms. The topological polar surface area (TPSA) is 72.6 Å². The van der Waals surface area contributed by atoms with Gasteiger partial charge >= 0.3 is 0 Å². The molecule has 0 saturated heterocycles. The smallest absolute Gasteiger partial charge is 0.241 e. The first-order valence-electron chi connectivity index (χ1n) is 6.43. The van der Waals surface area contributed by atoms with Crippen LogP contribution in [0.2, 0.25) is 0 Å². The van der Waals surface area contributed by atoms with Gasteiger partial charge in [0.15, 0.2) is 0 Å². The summed E-state index contributed by atoms with van der Waals surface area (Å²) in [4.78, 5) is 24.9. The molecule has 2 rings (SSSR count). The van der Waals surface area contributed by atoms with Gasteiger partial charge in [0.05, 0.1) is 12.8 Å². The zero-order valence-electron chi connectivity index (χ0n) is 11.7. The first-order chi connectivity index (χ1) is 10.1. The number of hydrogen-bond acceptors (Lipinski definition) is 3. The van der Waals surface area contributed by atoms with Gasteiger partial charge in [-0.3, -0.25) is 14.5 Å². The van der Waals surface area contributed by atoms with E-state index in [2.05, 4.69) is 0 Å². The van der Waals surface area contributed by atoms with Crippen molar-refractivity contribution in [3.63, 3.8) is 0 Å². The van der Waals surface area contributed by atoms with Crippen molar-refractivity contribution in [3.05, 3.63) is 54.6 Å². The Balaban J connectivity index is 2.50. The highest BCUT2D eigenvalue weighted by Gasteiger charge is 2.22. The average Bonchev–Trinajstić information content (AvgIpc) is 2.48. The van der Waals surface area contributed by atoms with Crippen LogP contribution in [0.25, 0.3) is 0 Å². The molecule has 0 unspecified atom stereocenters. The molecule has 5 heteroatoms. The van der Waals surface area contributed by atoms with Gasteiger partial charge in [-0.1, -0.05) is 30.3 Å². The second-order valence-electron chi connectivity index (χ2n) is 4.38. The normalized spacial score (nSPS) is 9.95. The molecule has 2 N–H and O–H groups in total. The third-order valence-electron chi connectivity index (χ3n) is 2.92. The van der Waals surface area contributed by atoms with Gasteiger partial charge in [0.1, 0.15) is 12.2 Å². The minimum atomic E-state index is -0.671. The Morgan fingerprint density at radius 3 is 2.29 bits per heavy atom. The van der Waals surface area contributed by atoms with Crippen molar-refractivity contribution in [2.24, 2.45) is 5.73 Å². The third-order valence-corrected chi connectivity index (χ3v) is 2.92. The predicted octanol–water partition coefficient (Wildman–Crippen LogP) is 2.24. The van der Waals surface area contributed by atoms with E-state index in [1.807, 2.05) is 24.3 Å². The summed E-state index contributed by atoms with van der Waals surface area (Å²) >= 11 is 0. The molecule has 0 atom stereocenters. The predicted molar refractivity (Wildman–Crippen MR) is 80.4 cm³/mol. The summed E-state index contributed by atoms with van der Waals surface area (Å²) in [5, 5.41) is 0. The third kappa shape index (κ3) is 3.39. The highest BCUT2D eigenvalue weighted by molar-refractivity contribution is 6.09. The van der Waals surface area contributed by atoms with Crippen LogP contribution in [-0.4, -0.2) is 18.9 Å². The van der Waals surface area contributed by atoms with Gasteiger partial charge < -0.3 is 10.5 Å². The van der Waals surface area contributed by atoms with Gasteiger partial charge in [-0.15, -0.1) is 0 Å². The zero-order chi connectivity index (χ0) is 15.2.